The number of carbonyl (C=O) groups excluding carboxylic acids is 2. The molecule has 1 amide bonds. The lowest BCUT2D eigenvalue weighted by molar-refractivity contribution is -0.153. The molecule has 0 spiro atoms. The van der Waals surface area contributed by atoms with Crippen molar-refractivity contribution in [3.05, 3.63) is 30.1 Å². The summed E-state index contributed by atoms with van der Waals surface area (Å²) in [4.78, 5) is 23.5. The Hall–Kier alpha value is -2.00. The van der Waals surface area contributed by atoms with Crippen LogP contribution in [-0.2, 0) is 24.3 Å². The number of hydrogen-bond donors (Lipinski definition) is 1. The van der Waals surface area contributed by atoms with E-state index in [1.54, 1.807) is 0 Å². The zero-order valence-corrected chi connectivity index (χ0v) is 15.4. The molecular formula is C17H23FN2O5S. The molecule has 1 heterocycles. The van der Waals surface area contributed by atoms with Gasteiger partial charge in [-0.3, -0.25) is 9.59 Å². The quantitative estimate of drug-likeness (QED) is 0.713. The summed E-state index contributed by atoms with van der Waals surface area (Å²) in [6, 6.07) is 4.64. The molecule has 1 aliphatic rings. The number of nitrogens with one attached hydrogen (secondary N) is 1. The standard InChI is InChI=1S/C17H23FN2O5S/c1-2-9-19-16(21)12-25-17(22)13-7-10-20(11-8-13)26(23,24)15-5-3-14(18)4-6-15/h3-6,13H,2,7-12H2,1H3,(H,19,21). The number of amides is 1. The molecule has 1 N–H and O–H groups in total. The minimum Gasteiger partial charge on any atom is -0.455 e. The van der Waals surface area contributed by atoms with Gasteiger partial charge in [-0.2, -0.15) is 4.31 Å². The largest absolute Gasteiger partial charge is 0.455 e. The third-order valence-electron chi connectivity index (χ3n) is 4.16. The Kier molecular flexibility index (Phi) is 7.10. The van der Waals surface area contributed by atoms with E-state index < -0.39 is 27.7 Å². The predicted octanol–water partition coefficient (Wildman–Crippen LogP) is 1.30. The average molecular weight is 386 g/mol. The van der Waals surface area contributed by atoms with E-state index in [-0.39, 0.29) is 30.5 Å². The fourth-order valence-corrected chi connectivity index (χ4v) is 4.13. The minimum atomic E-state index is -3.71. The van der Waals surface area contributed by atoms with Gasteiger partial charge >= 0.3 is 5.97 Å². The highest BCUT2D eigenvalue weighted by molar-refractivity contribution is 7.89. The van der Waals surface area contributed by atoms with Crippen molar-refractivity contribution in [1.29, 1.82) is 0 Å². The van der Waals surface area contributed by atoms with E-state index in [1.165, 1.54) is 16.4 Å². The van der Waals surface area contributed by atoms with Gasteiger partial charge in [0.15, 0.2) is 6.61 Å². The molecule has 144 valence electrons. The van der Waals surface area contributed by atoms with Crippen LogP contribution in [-0.4, -0.2) is 50.8 Å². The van der Waals surface area contributed by atoms with Crippen molar-refractivity contribution in [2.75, 3.05) is 26.2 Å². The van der Waals surface area contributed by atoms with E-state index in [0.717, 1.165) is 18.6 Å². The molecule has 0 unspecified atom stereocenters. The molecule has 1 aromatic carbocycles. The fourth-order valence-electron chi connectivity index (χ4n) is 2.66. The summed E-state index contributed by atoms with van der Waals surface area (Å²) < 4.78 is 44.3. The lowest BCUT2D eigenvalue weighted by Gasteiger charge is -2.30. The first-order chi connectivity index (χ1) is 12.3. The normalized spacial score (nSPS) is 16.2. The number of piperidine rings is 1. The zero-order valence-electron chi connectivity index (χ0n) is 14.6. The van der Waals surface area contributed by atoms with Crippen LogP contribution in [0.4, 0.5) is 4.39 Å². The number of esters is 1. The van der Waals surface area contributed by atoms with Crippen LogP contribution in [0.5, 0.6) is 0 Å². The monoisotopic (exact) mass is 386 g/mol. The van der Waals surface area contributed by atoms with Crippen LogP contribution in [0.15, 0.2) is 29.2 Å². The molecule has 9 heteroatoms. The Bertz CT molecular complexity index is 728. The highest BCUT2D eigenvalue weighted by Gasteiger charge is 2.33. The van der Waals surface area contributed by atoms with Gasteiger partial charge in [-0.15, -0.1) is 0 Å². The maximum atomic E-state index is 13.0. The number of carbonyl (C=O) groups is 2. The summed E-state index contributed by atoms with van der Waals surface area (Å²) >= 11 is 0. The minimum absolute atomic E-state index is 0.0209. The lowest BCUT2D eigenvalue weighted by Crippen LogP contribution is -2.41. The van der Waals surface area contributed by atoms with E-state index in [2.05, 4.69) is 5.32 Å². The number of sulfonamides is 1. The van der Waals surface area contributed by atoms with Gasteiger partial charge in [-0.1, -0.05) is 6.92 Å². The van der Waals surface area contributed by atoms with Crippen molar-refractivity contribution in [3.63, 3.8) is 0 Å². The number of hydrogen-bond acceptors (Lipinski definition) is 5. The lowest BCUT2D eigenvalue weighted by atomic mass is 9.98. The van der Waals surface area contributed by atoms with Gasteiger partial charge in [-0.25, -0.2) is 12.8 Å². The first kappa shape index (κ1) is 20.3. The van der Waals surface area contributed by atoms with Crippen LogP contribution in [0.3, 0.4) is 0 Å². The van der Waals surface area contributed by atoms with Crippen molar-refractivity contribution in [2.24, 2.45) is 5.92 Å². The predicted molar refractivity (Wildman–Crippen MR) is 92.1 cm³/mol. The summed E-state index contributed by atoms with van der Waals surface area (Å²) in [6.07, 6.45) is 1.42. The molecule has 1 aromatic rings. The second kappa shape index (κ2) is 9.09. The highest BCUT2D eigenvalue weighted by atomic mass is 32.2. The molecule has 26 heavy (non-hydrogen) atoms. The molecule has 0 aromatic heterocycles. The molecule has 0 radical (unpaired) electrons. The number of halogens is 1. The van der Waals surface area contributed by atoms with Crippen LogP contribution in [0.1, 0.15) is 26.2 Å². The maximum absolute atomic E-state index is 13.0. The molecule has 1 saturated heterocycles. The molecule has 0 aliphatic carbocycles. The average Bonchev–Trinajstić information content (AvgIpc) is 2.64. The van der Waals surface area contributed by atoms with Gasteiger partial charge in [0.25, 0.3) is 5.91 Å². The summed E-state index contributed by atoms with van der Waals surface area (Å²) in [5, 5.41) is 2.61. The molecule has 1 fully saturated rings. The smallest absolute Gasteiger partial charge is 0.309 e. The van der Waals surface area contributed by atoms with E-state index in [1.807, 2.05) is 6.92 Å². The fraction of sp³-hybridized carbons (Fsp3) is 0.529. The Morgan fingerprint density at radius 1 is 1.23 bits per heavy atom. The summed E-state index contributed by atoms with van der Waals surface area (Å²) in [5.74, 6) is -1.78. The summed E-state index contributed by atoms with van der Waals surface area (Å²) in [5.41, 5.74) is 0. The zero-order chi connectivity index (χ0) is 19.2. The Balaban J connectivity index is 1.85. The number of rotatable bonds is 7. The molecular weight excluding hydrogens is 363 g/mol. The maximum Gasteiger partial charge on any atom is 0.309 e. The third-order valence-corrected chi connectivity index (χ3v) is 6.07. The van der Waals surface area contributed by atoms with Crippen LogP contribution in [0.2, 0.25) is 0 Å². The number of ether oxygens (including phenoxy) is 1. The summed E-state index contributed by atoms with van der Waals surface area (Å²) in [6.45, 7) is 2.45. The van der Waals surface area contributed by atoms with Crippen LogP contribution >= 0.6 is 0 Å². The van der Waals surface area contributed by atoms with Gasteiger partial charge in [0, 0.05) is 19.6 Å². The van der Waals surface area contributed by atoms with Crippen LogP contribution in [0, 0.1) is 11.7 Å². The second-order valence-electron chi connectivity index (χ2n) is 6.09. The Morgan fingerprint density at radius 3 is 2.42 bits per heavy atom. The Labute approximate surface area is 152 Å². The van der Waals surface area contributed by atoms with Crippen LogP contribution in [0.25, 0.3) is 0 Å². The van der Waals surface area contributed by atoms with E-state index in [4.69, 9.17) is 4.74 Å². The van der Waals surface area contributed by atoms with Gasteiger partial charge in [-0.05, 0) is 43.5 Å². The molecule has 7 nitrogen and oxygen atoms in total. The second-order valence-corrected chi connectivity index (χ2v) is 8.03. The van der Waals surface area contributed by atoms with Crippen molar-refractivity contribution in [1.82, 2.24) is 9.62 Å². The first-order valence-electron chi connectivity index (χ1n) is 8.53. The van der Waals surface area contributed by atoms with Gasteiger partial charge in [0.1, 0.15) is 5.82 Å². The van der Waals surface area contributed by atoms with Gasteiger partial charge in [0.05, 0.1) is 10.8 Å². The number of benzene rings is 1. The SMILES string of the molecule is CCCNC(=O)COC(=O)C1CCN(S(=O)(=O)c2ccc(F)cc2)CC1. The number of nitrogens with zero attached hydrogens (tertiary/aromatic N) is 1. The molecule has 0 atom stereocenters. The van der Waals surface area contributed by atoms with Gasteiger partial charge in [0.2, 0.25) is 10.0 Å². The van der Waals surface area contributed by atoms with Crippen molar-refractivity contribution in [2.45, 2.75) is 31.1 Å². The molecule has 0 bridgehead atoms. The molecule has 0 saturated carbocycles. The van der Waals surface area contributed by atoms with E-state index in [0.29, 0.717) is 19.4 Å². The van der Waals surface area contributed by atoms with Crippen molar-refractivity contribution >= 4 is 21.9 Å². The first-order valence-corrected chi connectivity index (χ1v) is 9.97. The van der Waals surface area contributed by atoms with Gasteiger partial charge < -0.3 is 10.1 Å². The summed E-state index contributed by atoms with van der Waals surface area (Å²) in [7, 11) is -3.71. The Morgan fingerprint density at radius 2 is 1.85 bits per heavy atom. The van der Waals surface area contributed by atoms with E-state index >= 15 is 0 Å². The highest BCUT2D eigenvalue weighted by Crippen LogP contribution is 2.24. The molecule has 2 rings (SSSR count). The molecule has 1 aliphatic heterocycles. The van der Waals surface area contributed by atoms with Crippen molar-refractivity contribution < 1.29 is 27.1 Å². The topological polar surface area (TPSA) is 92.8 Å². The third kappa shape index (κ3) is 5.25. The van der Waals surface area contributed by atoms with E-state index in [9.17, 15) is 22.4 Å². The van der Waals surface area contributed by atoms with Crippen LogP contribution < -0.4 is 5.32 Å². The van der Waals surface area contributed by atoms with Crippen molar-refractivity contribution in [3.8, 4) is 0 Å².